The number of rotatable bonds is 1. The van der Waals surface area contributed by atoms with Crippen LogP contribution in [0.4, 0.5) is 0 Å². The van der Waals surface area contributed by atoms with Gasteiger partial charge in [-0.1, -0.05) is 5.57 Å². The average Bonchev–Trinajstić information content (AvgIpc) is 2.76. The summed E-state index contributed by atoms with van der Waals surface area (Å²) in [6, 6.07) is 0. The van der Waals surface area contributed by atoms with Crippen molar-refractivity contribution >= 4 is 5.71 Å². The second-order valence-corrected chi connectivity index (χ2v) is 4.52. The normalized spacial score (nSPS) is 24.9. The third kappa shape index (κ3) is 0.875. The van der Waals surface area contributed by atoms with Crippen LogP contribution in [-0.4, -0.2) is 16.8 Å². The SMILES string of the molecule is C=C[N+]1=C2CC3=C(CCC3)C2=C(C)C1. The van der Waals surface area contributed by atoms with E-state index in [1.54, 1.807) is 22.3 Å². The maximum absolute atomic E-state index is 3.89. The summed E-state index contributed by atoms with van der Waals surface area (Å²) < 4.78 is 2.32. The van der Waals surface area contributed by atoms with Gasteiger partial charge >= 0.3 is 0 Å². The molecule has 0 atom stereocenters. The molecule has 1 heteroatoms. The zero-order valence-electron chi connectivity index (χ0n) is 8.77. The monoisotopic (exact) mass is 186 g/mol. The van der Waals surface area contributed by atoms with Crippen LogP contribution in [-0.2, 0) is 0 Å². The van der Waals surface area contributed by atoms with Gasteiger partial charge in [0, 0.05) is 5.57 Å². The van der Waals surface area contributed by atoms with E-state index in [1.807, 2.05) is 6.20 Å². The van der Waals surface area contributed by atoms with Gasteiger partial charge in [0.15, 0.2) is 18.5 Å². The Bertz CT molecular complexity index is 419. The average molecular weight is 186 g/mol. The summed E-state index contributed by atoms with van der Waals surface area (Å²) in [6.07, 6.45) is 7.21. The van der Waals surface area contributed by atoms with Crippen molar-refractivity contribution in [2.75, 3.05) is 6.54 Å². The maximum atomic E-state index is 3.89. The molecule has 14 heavy (non-hydrogen) atoms. The lowest BCUT2D eigenvalue weighted by Crippen LogP contribution is -2.10. The van der Waals surface area contributed by atoms with Gasteiger partial charge in [-0.3, -0.25) is 0 Å². The fourth-order valence-corrected chi connectivity index (χ4v) is 3.12. The van der Waals surface area contributed by atoms with E-state index >= 15 is 0 Å². The third-order valence-corrected chi connectivity index (χ3v) is 3.70. The first-order valence-corrected chi connectivity index (χ1v) is 5.47. The van der Waals surface area contributed by atoms with E-state index in [9.17, 15) is 0 Å². The molecule has 72 valence electrons. The molecule has 0 aromatic rings. The lowest BCUT2D eigenvalue weighted by molar-refractivity contribution is -0.443. The molecule has 1 nitrogen and oxygen atoms in total. The van der Waals surface area contributed by atoms with Crippen LogP contribution >= 0.6 is 0 Å². The van der Waals surface area contributed by atoms with Crippen LogP contribution in [0, 0.1) is 0 Å². The Kier molecular flexibility index (Phi) is 1.58. The molecule has 1 aliphatic heterocycles. The van der Waals surface area contributed by atoms with Crippen LogP contribution in [0.1, 0.15) is 32.6 Å². The summed E-state index contributed by atoms with van der Waals surface area (Å²) in [5.74, 6) is 0. The lowest BCUT2D eigenvalue weighted by atomic mass is 10.0. The molecule has 0 saturated carbocycles. The largest absolute Gasteiger partial charge is 0.198 e. The summed E-state index contributed by atoms with van der Waals surface area (Å²) in [6.45, 7) is 7.24. The van der Waals surface area contributed by atoms with Crippen LogP contribution in [0.25, 0.3) is 0 Å². The van der Waals surface area contributed by atoms with Crippen molar-refractivity contribution in [3.05, 3.63) is 35.1 Å². The van der Waals surface area contributed by atoms with E-state index < -0.39 is 0 Å². The molecule has 3 rings (SSSR count). The molecule has 0 unspecified atom stereocenters. The molecule has 0 saturated heterocycles. The summed E-state index contributed by atoms with van der Waals surface area (Å²) in [4.78, 5) is 0. The van der Waals surface area contributed by atoms with E-state index in [1.165, 1.54) is 31.4 Å². The van der Waals surface area contributed by atoms with Crippen molar-refractivity contribution in [1.29, 1.82) is 0 Å². The van der Waals surface area contributed by atoms with E-state index in [0.717, 1.165) is 6.54 Å². The second kappa shape index (κ2) is 2.69. The van der Waals surface area contributed by atoms with Crippen molar-refractivity contribution in [2.24, 2.45) is 0 Å². The molecule has 0 spiro atoms. The molecule has 0 fully saturated rings. The highest BCUT2D eigenvalue weighted by Crippen LogP contribution is 2.43. The standard InChI is InChI=1S/C13H16N/c1-3-14-8-9(2)13-11-6-4-5-10(11)7-12(13)14/h3H,1,4-8H2,2H3/q+1. The van der Waals surface area contributed by atoms with Gasteiger partial charge in [-0.2, -0.15) is 4.58 Å². The Morgan fingerprint density at radius 1 is 1.36 bits per heavy atom. The minimum atomic E-state index is 1.07. The molecular formula is C13H16N+. The van der Waals surface area contributed by atoms with Crippen LogP contribution < -0.4 is 0 Å². The van der Waals surface area contributed by atoms with Crippen molar-refractivity contribution in [1.82, 2.24) is 0 Å². The lowest BCUT2D eigenvalue weighted by Gasteiger charge is -1.97. The highest BCUT2D eigenvalue weighted by atomic mass is 15.0. The van der Waals surface area contributed by atoms with Gasteiger partial charge < -0.3 is 0 Å². The Labute approximate surface area is 85.1 Å². The Morgan fingerprint density at radius 2 is 2.21 bits per heavy atom. The number of fused-ring (bicyclic) bond motifs is 2. The quantitative estimate of drug-likeness (QED) is 0.554. The molecule has 1 heterocycles. The molecule has 0 aromatic carbocycles. The van der Waals surface area contributed by atoms with Gasteiger partial charge in [0.2, 0.25) is 0 Å². The van der Waals surface area contributed by atoms with Crippen LogP contribution in [0.5, 0.6) is 0 Å². The highest BCUT2D eigenvalue weighted by molar-refractivity contribution is 6.07. The Balaban J connectivity index is 2.14. The molecular weight excluding hydrogens is 170 g/mol. The number of nitrogens with zero attached hydrogens (tertiary/aromatic N) is 1. The smallest absolute Gasteiger partial charge is 0.193 e. The first kappa shape index (κ1) is 8.22. The zero-order chi connectivity index (χ0) is 9.71. The molecule has 0 bridgehead atoms. The van der Waals surface area contributed by atoms with Crippen molar-refractivity contribution < 1.29 is 4.58 Å². The minimum Gasteiger partial charge on any atom is -0.198 e. The summed E-state index contributed by atoms with van der Waals surface area (Å²) in [7, 11) is 0. The van der Waals surface area contributed by atoms with E-state index in [0.29, 0.717) is 0 Å². The fourth-order valence-electron chi connectivity index (χ4n) is 3.12. The van der Waals surface area contributed by atoms with Crippen LogP contribution in [0.2, 0.25) is 0 Å². The molecule has 0 amide bonds. The first-order chi connectivity index (χ1) is 6.81. The number of hydrogen-bond acceptors (Lipinski definition) is 0. The minimum absolute atomic E-state index is 1.07. The zero-order valence-corrected chi connectivity index (χ0v) is 8.77. The molecule has 3 aliphatic rings. The van der Waals surface area contributed by atoms with Crippen molar-refractivity contribution in [3.8, 4) is 0 Å². The number of hydrogen-bond donors (Lipinski definition) is 0. The number of allylic oxidation sites excluding steroid dienone is 3. The van der Waals surface area contributed by atoms with Gasteiger partial charge in [0.1, 0.15) is 0 Å². The van der Waals surface area contributed by atoms with Gasteiger partial charge in [-0.15, -0.1) is 0 Å². The van der Waals surface area contributed by atoms with E-state index in [4.69, 9.17) is 0 Å². The van der Waals surface area contributed by atoms with E-state index in [-0.39, 0.29) is 0 Å². The predicted molar refractivity (Wildman–Crippen MR) is 58.5 cm³/mol. The highest BCUT2D eigenvalue weighted by Gasteiger charge is 2.39. The topological polar surface area (TPSA) is 3.01 Å². The summed E-state index contributed by atoms with van der Waals surface area (Å²) in [5.41, 5.74) is 8.06. The first-order valence-electron chi connectivity index (χ1n) is 5.47. The molecule has 0 N–H and O–H groups in total. The third-order valence-electron chi connectivity index (χ3n) is 3.70. The van der Waals surface area contributed by atoms with Crippen LogP contribution in [0.15, 0.2) is 35.1 Å². The summed E-state index contributed by atoms with van der Waals surface area (Å²) in [5, 5.41) is 0. The summed E-state index contributed by atoms with van der Waals surface area (Å²) >= 11 is 0. The maximum Gasteiger partial charge on any atom is 0.193 e. The Hall–Kier alpha value is -1.11. The van der Waals surface area contributed by atoms with Crippen molar-refractivity contribution in [3.63, 3.8) is 0 Å². The van der Waals surface area contributed by atoms with Crippen molar-refractivity contribution in [2.45, 2.75) is 32.6 Å². The molecule has 0 radical (unpaired) electrons. The fraction of sp³-hybridized carbons (Fsp3) is 0.462. The van der Waals surface area contributed by atoms with Gasteiger partial charge in [0.05, 0.1) is 12.0 Å². The molecule has 2 aliphatic carbocycles. The van der Waals surface area contributed by atoms with Crippen LogP contribution in [0.3, 0.4) is 0 Å². The Morgan fingerprint density at radius 3 is 3.00 bits per heavy atom. The predicted octanol–water partition coefficient (Wildman–Crippen LogP) is 2.80. The second-order valence-electron chi connectivity index (χ2n) is 4.52. The van der Waals surface area contributed by atoms with Gasteiger partial charge in [0.25, 0.3) is 0 Å². The van der Waals surface area contributed by atoms with Gasteiger partial charge in [-0.05, 0) is 38.3 Å². The van der Waals surface area contributed by atoms with E-state index in [2.05, 4.69) is 18.1 Å². The van der Waals surface area contributed by atoms with Gasteiger partial charge in [-0.25, -0.2) is 0 Å². The molecule has 0 aromatic heterocycles.